The van der Waals surface area contributed by atoms with E-state index in [-0.39, 0.29) is 17.1 Å². The van der Waals surface area contributed by atoms with Gasteiger partial charge in [0.2, 0.25) is 5.76 Å². The number of hydrogen-bond acceptors (Lipinski definition) is 7. The number of anilines is 1. The highest BCUT2D eigenvalue weighted by Crippen LogP contribution is 2.44. The predicted molar refractivity (Wildman–Crippen MR) is 136 cm³/mol. The number of carbonyl (C=O) groups excluding carboxylic acids is 1. The summed E-state index contributed by atoms with van der Waals surface area (Å²) in [6, 6.07) is 8.47. The van der Waals surface area contributed by atoms with Crippen LogP contribution in [0.2, 0.25) is 0 Å². The average molecular weight is 491 g/mol. The Morgan fingerprint density at radius 2 is 1.86 bits per heavy atom. The molecule has 0 fully saturated rings. The number of hydrogen-bond donors (Lipinski definition) is 0. The molecule has 1 aliphatic rings. The largest absolute Gasteiger partial charge is 0.490 e. The summed E-state index contributed by atoms with van der Waals surface area (Å²) in [5, 5.41) is 2.75. The Hall–Kier alpha value is -3.65. The molecule has 5 rings (SSSR count). The third kappa shape index (κ3) is 3.87. The Balaban J connectivity index is 1.75. The van der Waals surface area contributed by atoms with E-state index in [9.17, 15) is 9.59 Å². The first-order valence-corrected chi connectivity index (χ1v) is 12.5. The smallest absolute Gasteiger partial charge is 0.297 e. The van der Waals surface area contributed by atoms with E-state index >= 15 is 0 Å². The Morgan fingerprint density at radius 3 is 2.57 bits per heavy atom. The van der Waals surface area contributed by atoms with Crippen LogP contribution >= 0.6 is 11.3 Å². The summed E-state index contributed by atoms with van der Waals surface area (Å²) in [6.45, 7) is 8.85. The molecule has 2 aromatic carbocycles. The van der Waals surface area contributed by atoms with Gasteiger partial charge in [0.1, 0.15) is 5.58 Å². The summed E-state index contributed by atoms with van der Waals surface area (Å²) in [4.78, 5) is 33.4. The molecule has 1 aliphatic heterocycles. The molecule has 1 amide bonds. The molecular formula is C27H26N2O5S. The van der Waals surface area contributed by atoms with Crippen LogP contribution in [0.4, 0.5) is 5.13 Å². The highest BCUT2D eigenvalue weighted by Gasteiger charge is 2.45. The zero-order valence-electron chi connectivity index (χ0n) is 20.1. The molecule has 0 N–H and O–H groups in total. The predicted octanol–water partition coefficient (Wildman–Crippen LogP) is 5.80. The standard InChI is InChI=1S/C27H26N2O5S/c1-5-10-33-19-8-7-17(14-21(19)32-6-2)23-22-24(30)18-12-15(3)16(4)13-20(18)34-25(22)26(31)29(23)27-28-9-11-35-27/h7-9,11-14,23H,5-6,10H2,1-4H3. The molecule has 4 aromatic rings. The van der Waals surface area contributed by atoms with Gasteiger partial charge in [-0.05, 0) is 68.1 Å². The van der Waals surface area contributed by atoms with E-state index in [0.29, 0.717) is 46.4 Å². The molecule has 0 saturated heterocycles. The number of amides is 1. The Bertz CT molecular complexity index is 1480. The van der Waals surface area contributed by atoms with Gasteiger partial charge in [-0.2, -0.15) is 0 Å². The van der Waals surface area contributed by atoms with Crippen molar-refractivity contribution in [3.8, 4) is 11.5 Å². The molecule has 0 spiro atoms. The van der Waals surface area contributed by atoms with Crippen molar-refractivity contribution in [1.82, 2.24) is 4.98 Å². The van der Waals surface area contributed by atoms with Gasteiger partial charge in [-0.15, -0.1) is 11.3 Å². The van der Waals surface area contributed by atoms with Crippen molar-refractivity contribution >= 4 is 33.3 Å². The number of aryl methyl sites for hydroxylation is 2. The molecule has 3 heterocycles. The van der Waals surface area contributed by atoms with Gasteiger partial charge in [0.15, 0.2) is 22.1 Å². The van der Waals surface area contributed by atoms with Crippen LogP contribution in [0.5, 0.6) is 11.5 Å². The van der Waals surface area contributed by atoms with Crippen LogP contribution in [-0.2, 0) is 0 Å². The van der Waals surface area contributed by atoms with Gasteiger partial charge in [-0.25, -0.2) is 4.98 Å². The molecule has 35 heavy (non-hydrogen) atoms. The van der Waals surface area contributed by atoms with Crippen molar-refractivity contribution in [2.75, 3.05) is 18.1 Å². The van der Waals surface area contributed by atoms with Gasteiger partial charge in [-0.3, -0.25) is 14.5 Å². The third-order valence-electron chi connectivity index (χ3n) is 6.16. The minimum atomic E-state index is -0.703. The van der Waals surface area contributed by atoms with E-state index in [1.165, 1.54) is 16.2 Å². The fourth-order valence-corrected chi connectivity index (χ4v) is 5.04. The summed E-state index contributed by atoms with van der Waals surface area (Å²) < 4.78 is 17.8. The fraction of sp³-hybridized carbons (Fsp3) is 0.296. The lowest BCUT2D eigenvalue weighted by molar-refractivity contribution is 0.0971. The quantitative estimate of drug-likeness (QED) is 0.325. The topological polar surface area (TPSA) is 81.9 Å². The van der Waals surface area contributed by atoms with Crippen LogP contribution in [-0.4, -0.2) is 24.1 Å². The fourth-order valence-electron chi connectivity index (χ4n) is 4.37. The van der Waals surface area contributed by atoms with E-state index in [1.807, 2.05) is 58.0 Å². The van der Waals surface area contributed by atoms with E-state index < -0.39 is 6.04 Å². The number of ether oxygens (including phenoxy) is 2. The Kier molecular flexibility index (Phi) is 6.06. The molecule has 180 valence electrons. The van der Waals surface area contributed by atoms with Crippen LogP contribution < -0.4 is 19.8 Å². The molecule has 2 aromatic heterocycles. The lowest BCUT2D eigenvalue weighted by Gasteiger charge is -2.23. The molecule has 0 bridgehead atoms. The van der Waals surface area contributed by atoms with Gasteiger partial charge in [0.25, 0.3) is 5.91 Å². The molecule has 7 nitrogen and oxygen atoms in total. The number of nitrogens with zero attached hydrogens (tertiary/aromatic N) is 2. The van der Waals surface area contributed by atoms with E-state index in [4.69, 9.17) is 13.9 Å². The molecule has 8 heteroatoms. The monoisotopic (exact) mass is 490 g/mol. The summed E-state index contributed by atoms with van der Waals surface area (Å²) in [6.07, 6.45) is 2.50. The summed E-state index contributed by atoms with van der Waals surface area (Å²) in [5.74, 6) is 0.853. The number of carbonyl (C=O) groups is 1. The maximum atomic E-state index is 13.8. The first-order chi connectivity index (χ1) is 16.9. The maximum absolute atomic E-state index is 13.8. The van der Waals surface area contributed by atoms with Gasteiger partial charge in [-0.1, -0.05) is 13.0 Å². The Labute approximate surface area is 206 Å². The summed E-state index contributed by atoms with van der Waals surface area (Å²) in [7, 11) is 0. The maximum Gasteiger partial charge on any atom is 0.297 e. The molecule has 1 unspecified atom stereocenters. The van der Waals surface area contributed by atoms with Crippen molar-refractivity contribution in [2.45, 2.75) is 40.2 Å². The van der Waals surface area contributed by atoms with Crippen molar-refractivity contribution in [3.63, 3.8) is 0 Å². The average Bonchev–Trinajstić information content (AvgIpc) is 3.46. The van der Waals surface area contributed by atoms with Gasteiger partial charge in [0, 0.05) is 11.6 Å². The molecule has 0 aliphatic carbocycles. The highest BCUT2D eigenvalue weighted by atomic mass is 32.1. The lowest BCUT2D eigenvalue weighted by Crippen LogP contribution is -2.29. The highest BCUT2D eigenvalue weighted by molar-refractivity contribution is 7.13. The summed E-state index contributed by atoms with van der Waals surface area (Å²) in [5.41, 5.74) is 3.19. The van der Waals surface area contributed by atoms with Crippen molar-refractivity contribution < 1.29 is 18.7 Å². The molecular weight excluding hydrogens is 464 g/mol. The van der Waals surface area contributed by atoms with Crippen molar-refractivity contribution in [2.24, 2.45) is 0 Å². The van der Waals surface area contributed by atoms with Crippen molar-refractivity contribution in [1.29, 1.82) is 0 Å². The second-order valence-corrected chi connectivity index (χ2v) is 9.36. The number of thiazole rings is 1. The third-order valence-corrected chi connectivity index (χ3v) is 6.93. The second-order valence-electron chi connectivity index (χ2n) is 8.49. The minimum Gasteiger partial charge on any atom is -0.490 e. The SMILES string of the molecule is CCCOc1ccc(C2c3c(oc4cc(C)c(C)cc4c3=O)C(=O)N2c2nccs2)cc1OCC. The van der Waals surface area contributed by atoms with Crippen LogP contribution in [0.3, 0.4) is 0 Å². The molecule has 1 atom stereocenters. The van der Waals surface area contributed by atoms with Crippen molar-refractivity contribution in [3.05, 3.63) is 80.1 Å². The minimum absolute atomic E-state index is 0.0511. The first kappa shape index (κ1) is 23.1. The van der Waals surface area contributed by atoms with Gasteiger partial charge in [0.05, 0.1) is 30.2 Å². The van der Waals surface area contributed by atoms with Crippen LogP contribution in [0, 0.1) is 13.8 Å². The normalized spacial score (nSPS) is 15.0. The lowest BCUT2D eigenvalue weighted by atomic mass is 9.97. The van der Waals surface area contributed by atoms with Crippen LogP contribution in [0.25, 0.3) is 11.0 Å². The van der Waals surface area contributed by atoms with Crippen LogP contribution in [0.15, 0.2) is 51.1 Å². The number of benzene rings is 2. The second kappa shape index (κ2) is 9.19. The van der Waals surface area contributed by atoms with E-state index in [1.54, 1.807) is 11.6 Å². The zero-order chi connectivity index (χ0) is 24.7. The molecule has 0 saturated carbocycles. The zero-order valence-corrected chi connectivity index (χ0v) is 20.9. The number of aromatic nitrogens is 1. The molecule has 0 radical (unpaired) electrons. The van der Waals surface area contributed by atoms with E-state index in [2.05, 4.69) is 4.98 Å². The first-order valence-electron chi connectivity index (χ1n) is 11.6. The van der Waals surface area contributed by atoms with Gasteiger partial charge < -0.3 is 13.9 Å². The number of rotatable bonds is 7. The Morgan fingerprint density at radius 1 is 1.06 bits per heavy atom. The summed E-state index contributed by atoms with van der Waals surface area (Å²) >= 11 is 1.33. The number of fused-ring (bicyclic) bond motifs is 2. The van der Waals surface area contributed by atoms with E-state index in [0.717, 1.165) is 23.1 Å². The van der Waals surface area contributed by atoms with Gasteiger partial charge >= 0.3 is 0 Å². The van der Waals surface area contributed by atoms with Crippen LogP contribution in [0.1, 0.15) is 59.1 Å².